The molecule has 0 N–H and O–H groups in total. The third-order valence-electron chi connectivity index (χ3n) is 1.18. The number of thiol groups is 1. The Morgan fingerprint density at radius 3 is 2.56 bits per heavy atom. The molecule has 0 fully saturated rings. The molecular formula is C8H16S. The Bertz CT molecular complexity index is 67.0. The Hall–Kier alpha value is 0.0900. The van der Waals surface area contributed by atoms with E-state index in [1.807, 2.05) is 0 Å². The van der Waals surface area contributed by atoms with Crippen LogP contribution in [0.2, 0.25) is 0 Å². The number of rotatable bonds is 5. The maximum atomic E-state index is 4.12. The van der Waals surface area contributed by atoms with E-state index in [0.717, 1.165) is 5.75 Å². The number of unbranched alkanes of at least 4 members (excludes halogenated alkanes) is 2. The molecule has 54 valence electrons. The first kappa shape index (κ1) is 9.09. The van der Waals surface area contributed by atoms with Crippen LogP contribution in [-0.2, 0) is 0 Å². The standard InChI is InChI=1S/C8H16S/c1-2-3-4-5-6-7-8-9/h3-4,9H,2,5-8H2,1H3/b4-3-. The molecule has 0 aliphatic heterocycles. The van der Waals surface area contributed by atoms with Crippen LogP contribution in [0, 0.1) is 0 Å². The smallest absolute Gasteiger partial charge is 0.00978 e. The summed E-state index contributed by atoms with van der Waals surface area (Å²) in [5.41, 5.74) is 0. The molecule has 0 amide bonds. The molecule has 0 rings (SSSR count). The normalized spacial score (nSPS) is 10.9. The van der Waals surface area contributed by atoms with Gasteiger partial charge in [0.25, 0.3) is 0 Å². The van der Waals surface area contributed by atoms with E-state index in [9.17, 15) is 0 Å². The van der Waals surface area contributed by atoms with Gasteiger partial charge in [-0.2, -0.15) is 12.6 Å². The minimum atomic E-state index is 1.03. The third kappa shape index (κ3) is 8.09. The van der Waals surface area contributed by atoms with Crippen molar-refractivity contribution in [1.82, 2.24) is 0 Å². The van der Waals surface area contributed by atoms with Gasteiger partial charge in [0.05, 0.1) is 0 Å². The highest BCUT2D eigenvalue weighted by atomic mass is 32.1. The molecule has 0 saturated carbocycles. The minimum absolute atomic E-state index is 1.03. The zero-order chi connectivity index (χ0) is 6.95. The summed E-state index contributed by atoms with van der Waals surface area (Å²) in [7, 11) is 0. The second-order valence-corrected chi connectivity index (χ2v) is 2.55. The number of allylic oxidation sites excluding steroid dienone is 2. The van der Waals surface area contributed by atoms with Crippen molar-refractivity contribution in [1.29, 1.82) is 0 Å². The van der Waals surface area contributed by atoms with Crippen molar-refractivity contribution in [3.05, 3.63) is 12.2 Å². The van der Waals surface area contributed by atoms with E-state index >= 15 is 0 Å². The summed E-state index contributed by atoms with van der Waals surface area (Å²) < 4.78 is 0. The van der Waals surface area contributed by atoms with Gasteiger partial charge in [0.1, 0.15) is 0 Å². The first-order valence-corrected chi connectivity index (χ1v) is 4.31. The Morgan fingerprint density at radius 1 is 1.22 bits per heavy atom. The summed E-state index contributed by atoms with van der Waals surface area (Å²) in [5.74, 6) is 1.03. The molecule has 0 aromatic carbocycles. The van der Waals surface area contributed by atoms with Crippen LogP contribution in [0.1, 0.15) is 32.6 Å². The molecule has 0 heterocycles. The maximum Gasteiger partial charge on any atom is -0.00978 e. The topological polar surface area (TPSA) is 0 Å². The van der Waals surface area contributed by atoms with E-state index in [0.29, 0.717) is 0 Å². The number of hydrogen-bond acceptors (Lipinski definition) is 1. The van der Waals surface area contributed by atoms with Gasteiger partial charge in [0, 0.05) is 0 Å². The molecule has 0 radical (unpaired) electrons. The van der Waals surface area contributed by atoms with E-state index in [2.05, 4.69) is 31.7 Å². The van der Waals surface area contributed by atoms with Gasteiger partial charge >= 0.3 is 0 Å². The fourth-order valence-electron chi connectivity index (χ4n) is 0.659. The molecule has 1 heteroatoms. The molecule has 0 unspecified atom stereocenters. The molecule has 0 spiro atoms. The second kappa shape index (κ2) is 8.09. The maximum absolute atomic E-state index is 4.12. The van der Waals surface area contributed by atoms with E-state index < -0.39 is 0 Å². The number of hydrogen-bond donors (Lipinski definition) is 1. The van der Waals surface area contributed by atoms with Gasteiger partial charge in [0.15, 0.2) is 0 Å². The van der Waals surface area contributed by atoms with E-state index in [-0.39, 0.29) is 0 Å². The zero-order valence-electron chi connectivity index (χ0n) is 6.14. The molecule has 0 saturated heterocycles. The first-order chi connectivity index (χ1) is 4.41. The molecule has 0 aromatic heterocycles. The van der Waals surface area contributed by atoms with Crippen LogP contribution < -0.4 is 0 Å². The average Bonchev–Trinajstić information content (AvgIpc) is 1.89. The molecule has 9 heavy (non-hydrogen) atoms. The van der Waals surface area contributed by atoms with Gasteiger partial charge in [-0.05, 0) is 31.4 Å². The zero-order valence-corrected chi connectivity index (χ0v) is 7.03. The summed E-state index contributed by atoms with van der Waals surface area (Å²) in [5, 5.41) is 0. The van der Waals surface area contributed by atoms with Crippen molar-refractivity contribution in [3.63, 3.8) is 0 Å². The fourth-order valence-corrected chi connectivity index (χ4v) is 0.882. The fraction of sp³-hybridized carbons (Fsp3) is 0.750. The van der Waals surface area contributed by atoms with Crippen LogP contribution in [0.5, 0.6) is 0 Å². The van der Waals surface area contributed by atoms with Crippen molar-refractivity contribution in [2.75, 3.05) is 5.75 Å². The van der Waals surface area contributed by atoms with Crippen LogP contribution in [0.4, 0.5) is 0 Å². The lowest BCUT2D eigenvalue weighted by Gasteiger charge is -1.89. The largest absolute Gasteiger partial charge is 0.179 e. The van der Waals surface area contributed by atoms with Crippen LogP contribution in [0.3, 0.4) is 0 Å². The molecule has 0 nitrogen and oxygen atoms in total. The summed E-state index contributed by atoms with van der Waals surface area (Å²) in [6.45, 7) is 2.16. The molecule has 0 bridgehead atoms. The Balaban J connectivity index is 2.82. The lowest BCUT2D eigenvalue weighted by atomic mass is 10.2. The van der Waals surface area contributed by atoms with Gasteiger partial charge in [-0.15, -0.1) is 0 Å². The van der Waals surface area contributed by atoms with Crippen molar-refractivity contribution in [2.45, 2.75) is 32.6 Å². The first-order valence-electron chi connectivity index (χ1n) is 3.67. The van der Waals surface area contributed by atoms with Crippen molar-refractivity contribution < 1.29 is 0 Å². The van der Waals surface area contributed by atoms with Crippen molar-refractivity contribution in [3.8, 4) is 0 Å². The lowest BCUT2D eigenvalue weighted by molar-refractivity contribution is 0.822. The molecular weight excluding hydrogens is 128 g/mol. The van der Waals surface area contributed by atoms with Crippen LogP contribution in [0.25, 0.3) is 0 Å². The van der Waals surface area contributed by atoms with Crippen LogP contribution in [-0.4, -0.2) is 5.75 Å². The summed E-state index contributed by atoms with van der Waals surface area (Å²) in [6.07, 6.45) is 9.41. The van der Waals surface area contributed by atoms with Gasteiger partial charge < -0.3 is 0 Å². The monoisotopic (exact) mass is 144 g/mol. The summed E-state index contributed by atoms with van der Waals surface area (Å²) in [4.78, 5) is 0. The highest BCUT2D eigenvalue weighted by Crippen LogP contribution is 1.97. The van der Waals surface area contributed by atoms with Gasteiger partial charge in [-0.1, -0.05) is 19.1 Å². The Kier molecular flexibility index (Phi) is 8.17. The highest BCUT2D eigenvalue weighted by Gasteiger charge is 1.79. The highest BCUT2D eigenvalue weighted by molar-refractivity contribution is 7.80. The summed E-state index contributed by atoms with van der Waals surface area (Å²) >= 11 is 4.12. The SMILES string of the molecule is CC/C=C\CCCCS. The Labute approximate surface area is 63.8 Å². The summed E-state index contributed by atoms with van der Waals surface area (Å²) in [6, 6.07) is 0. The molecule has 0 aliphatic carbocycles. The van der Waals surface area contributed by atoms with E-state index in [1.54, 1.807) is 0 Å². The van der Waals surface area contributed by atoms with Gasteiger partial charge in [-0.3, -0.25) is 0 Å². The quantitative estimate of drug-likeness (QED) is 0.342. The molecule has 0 aromatic rings. The predicted molar refractivity (Wildman–Crippen MR) is 47.1 cm³/mol. The lowest BCUT2D eigenvalue weighted by Crippen LogP contribution is -1.73. The predicted octanol–water partition coefficient (Wildman–Crippen LogP) is 3.05. The third-order valence-corrected chi connectivity index (χ3v) is 1.50. The van der Waals surface area contributed by atoms with Crippen LogP contribution in [0.15, 0.2) is 12.2 Å². The molecule has 0 atom stereocenters. The van der Waals surface area contributed by atoms with Crippen molar-refractivity contribution >= 4 is 12.6 Å². The molecule has 0 aliphatic rings. The van der Waals surface area contributed by atoms with E-state index in [4.69, 9.17) is 0 Å². The van der Waals surface area contributed by atoms with Gasteiger partial charge in [0.2, 0.25) is 0 Å². The van der Waals surface area contributed by atoms with Gasteiger partial charge in [-0.25, -0.2) is 0 Å². The van der Waals surface area contributed by atoms with Crippen molar-refractivity contribution in [2.24, 2.45) is 0 Å². The Morgan fingerprint density at radius 2 is 2.00 bits per heavy atom. The second-order valence-electron chi connectivity index (χ2n) is 2.10. The minimum Gasteiger partial charge on any atom is -0.179 e. The average molecular weight is 144 g/mol. The van der Waals surface area contributed by atoms with E-state index in [1.165, 1.54) is 25.7 Å². The van der Waals surface area contributed by atoms with Crippen LogP contribution >= 0.6 is 12.6 Å².